The van der Waals surface area contributed by atoms with Crippen molar-refractivity contribution in [2.75, 3.05) is 14.2 Å². The first-order valence-corrected chi connectivity index (χ1v) is 9.95. The first-order valence-electron chi connectivity index (χ1n) is 9.95. The monoisotopic (exact) mass is 383 g/mol. The second-order valence-corrected chi connectivity index (χ2v) is 7.15. The van der Waals surface area contributed by atoms with Crippen LogP contribution in [0.15, 0.2) is 42.5 Å². The molecule has 0 saturated heterocycles. The van der Waals surface area contributed by atoms with Gasteiger partial charge in [0.25, 0.3) is 5.91 Å². The van der Waals surface area contributed by atoms with E-state index < -0.39 is 0 Å². The summed E-state index contributed by atoms with van der Waals surface area (Å²) in [6, 6.07) is 13.6. The lowest BCUT2D eigenvalue weighted by Crippen LogP contribution is -2.34. The van der Waals surface area contributed by atoms with E-state index >= 15 is 0 Å². The molecule has 2 aromatic carbocycles. The number of rotatable bonds is 7. The van der Waals surface area contributed by atoms with Gasteiger partial charge in [-0.1, -0.05) is 56.0 Å². The van der Waals surface area contributed by atoms with Crippen LogP contribution in [0.2, 0.25) is 0 Å². The third kappa shape index (κ3) is 5.18. The lowest BCUT2D eigenvalue weighted by molar-refractivity contribution is 0.0932. The van der Waals surface area contributed by atoms with Crippen LogP contribution in [-0.4, -0.2) is 26.2 Å². The van der Waals surface area contributed by atoms with Gasteiger partial charge in [-0.3, -0.25) is 4.79 Å². The maximum absolute atomic E-state index is 12.8. The highest BCUT2D eigenvalue weighted by Gasteiger charge is 2.20. The predicted molar refractivity (Wildman–Crippen MR) is 109 cm³/mol. The summed E-state index contributed by atoms with van der Waals surface area (Å²) in [6.45, 7) is 0.390. The molecule has 150 valence electrons. The fourth-order valence-corrected chi connectivity index (χ4v) is 3.58. The number of carbonyl (C=O) groups is 1. The Labute approximate surface area is 167 Å². The van der Waals surface area contributed by atoms with Crippen LogP contribution < -0.4 is 19.5 Å². The van der Waals surface area contributed by atoms with Gasteiger partial charge in [-0.15, -0.1) is 0 Å². The minimum absolute atomic E-state index is 0.0990. The molecule has 0 atom stereocenters. The van der Waals surface area contributed by atoms with Crippen LogP contribution >= 0.6 is 0 Å². The van der Waals surface area contributed by atoms with E-state index in [1.807, 2.05) is 30.3 Å². The van der Waals surface area contributed by atoms with Crippen molar-refractivity contribution in [3.05, 3.63) is 53.6 Å². The van der Waals surface area contributed by atoms with E-state index in [-0.39, 0.29) is 11.9 Å². The number of nitrogens with one attached hydrogen (secondary N) is 1. The molecule has 0 heterocycles. The Hall–Kier alpha value is -2.69. The summed E-state index contributed by atoms with van der Waals surface area (Å²) >= 11 is 0. The number of methoxy groups -OCH3 is 2. The molecule has 1 fully saturated rings. The summed E-state index contributed by atoms with van der Waals surface area (Å²) in [6.07, 6.45) is 6.92. The number of hydrogen-bond donors (Lipinski definition) is 1. The second kappa shape index (κ2) is 10.0. The molecular formula is C23H29NO4. The average Bonchev–Trinajstić information content (AvgIpc) is 3.01. The first kappa shape index (κ1) is 20.1. The zero-order chi connectivity index (χ0) is 19.8. The molecule has 0 aliphatic heterocycles. The van der Waals surface area contributed by atoms with Crippen molar-refractivity contribution in [3.63, 3.8) is 0 Å². The summed E-state index contributed by atoms with van der Waals surface area (Å²) in [5, 5.41) is 3.16. The highest BCUT2D eigenvalue weighted by molar-refractivity contribution is 5.95. The van der Waals surface area contributed by atoms with Crippen molar-refractivity contribution in [2.24, 2.45) is 0 Å². The normalized spacial score (nSPS) is 14.8. The van der Waals surface area contributed by atoms with Crippen LogP contribution in [0.1, 0.15) is 54.4 Å². The van der Waals surface area contributed by atoms with Crippen molar-refractivity contribution in [1.29, 1.82) is 0 Å². The Morgan fingerprint density at radius 3 is 2.14 bits per heavy atom. The maximum Gasteiger partial charge on any atom is 0.251 e. The van der Waals surface area contributed by atoms with Crippen LogP contribution in [0.3, 0.4) is 0 Å². The molecule has 1 N–H and O–H groups in total. The fraction of sp³-hybridized carbons (Fsp3) is 0.435. The van der Waals surface area contributed by atoms with E-state index in [0.29, 0.717) is 29.4 Å². The van der Waals surface area contributed by atoms with Crippen molar-refractivity contribution in [1.82, 2.24) is 5.32 Å². The molecule has 0 aromatic heterocycles. The molecule has 28 heavy (non-hydrogen) atoms. The minimum atomic E-state index is -0.0990. The Morgan fingerprint density at radius 1 is 0.964 bits per heavy atom. The van der Waals surface area contributed by atoms with E-state index in [9.17, 15) is 4.79 Å². The SMILES string of the molecule is COc1cc(C(=O)NC2CCCCCC2)cc(OC)c1OCc1ccccc1. The summed E-state index contributed by atoms with van der Waals surface area (Å²) in [7, 11) is 3.13. The largest absolute Gasteiger partial charge is 0.493 e. The molecular weight excluding hydrogens is 354 g/mol. The molecule has 1 saturated carbocycles. The number of benzene rings is 2. The van der Waals surface area contributed by atoms with Crippen LogP contribution in [0, 0.1) is 0 Å². The van der Waals surface area contributed by atoms with Gasteiger partial charge in [0.05, 0.1) is 14.2 Å². The molecule has 1 aliphatic rings. The van der Waals surface area contributed by atoms with Gasteiger partial charge in [0, 0.05) is 11.6 Å². The molecule has 3 rings (SSSR count). The summed E-state index contributed by atoms with van der Waals surface area (Å²) in [5.41, 5.74) is 1.56. The highest BCUT2D eigenvalue weighted by Crippen LogP contribution is 2.39. The molecule has 5 nitrogen and oxygen atoms in total. The zero-order valence-electron chi connectivity index (χ0n) is 16.7. The molecule has 0 bridgehead atoms. The molecule has 0 spiro atoms. The van der Waals surface area contributed by atoms with Crippen LogP contribution in [0.4, 0.5) is 0 Å². The first-order chi connectivity index (χ1) is 13.7. The maximum atomic E-state index is 12.8. The molecule has 1 amide bonds. The third-order valence-electron chi connectivity index (χ3n) is 5.14. The van der Waals surface area contributed by atoms with Gasteiger partial charge in [0.2, 0.25) is 5.75 Å². The Bertz CT molecular complexity index is 742. The van der Waals surface area contributed by atoms with Gasteiger partial charge < -0.3 is 19.5 Å². The van der Waals surface area contributed by atoms with Crippen molar-refractivity contribution >= 4 is 5.91 Å². The lowest BCUT2D eigenvalue weighted by atomic mass is 10.1. The fourth-order valence-electron chi connectivity index (χ4n) is 3.58. The van der Waals surface area contributed by atoms with Crippen molar-refractivity contribution < 1.29 is 19.0 Å². The topological polar surface area (TPSA) is 56.8 Å². The van der Waals surface area contributed by atoms with Gasteiger partial charge in [-0.05, 0) is 30.5 Å². The van der Waals surface area contributed by atoms with Crippen LogP contribution in [0.25, 0.3) is 0 Å². The van der Waals surface area contributed by atoms with Crippen molar-refractivity contribution in [3.8, 4) is 17.2 Å². The van der Waals surface area contributed by atoms with Gasteiger partial charge in [0.15, 0.2) is 11.5 Å². The Kier molecular flexibility index (Phi) is 7.18. The number of carbonyl (C=O) groups excluding carboxylic acids is 1. The van der Waals surface area contributed by atoms with E-state index in [4.69, 9.17) is 14.2 Å². The Balaban J connectivity index is 1.76. The molecule has 5 heteroatoms. The molecule has 0 unspecified atom stereocenters. The number of hydrogen-bond acceptors (Lipinski definition) is 4. The van der Waals surface area contributed by atoms with Gasteiger partial charge in [-0.2, -0.15) is 0 Å². The molecule has 1 aliphatic carbocycles. The lowest BCUT2D eigenvalue weighted by Gasteiger charge is -2.19. The predicted octanol–water partition coefficient (Wildman–Crippen LogP) is 4.74. The van der Waals surface area contributed by atoms with Gasteiger partial charge >= 0.3 is 0 Å². The summed E-state index contributed by atoms with van der Waals surface area (Å²) in [4.78, 5) is 12.8. The van der Waals surface area contributed by atoms with Crippen LogP contribution in [-0.2, 0) is 6.61 Å². The second-order valence-electron chi connectivity index (χ2n) is 7.15. The highest BCUT2D eigenvalue weighted by atomic mass is 16.5. The number of amides is 1. The quantitative estimate of drug-likeness (QED) is 0.702. The van der Waals surface area contributed by atoms with Crippen molar-refractivity contribution in [2.45, 2.75) is 51.2 Å². The van der Waals surface area contributed by atoms with Gasteiger partial charge in [-0.25, -0.2) is 0 Å². The molecule has 0 radical (unpaired) electrons. The average molecular weight is 383 g/mol. The minimum Gasteiger partial charge on any atom is -0.493 e. The number of ether oxygens (including phenoxy) is 3. The smallest absolute Gasteiger partial charge is 0.251 e. The van der Waals surface area contributed by atoms with E-state index in [2.05, 4.69) is 5.32 Å². The van der Waals surface area contributed by atoms with Crippen LogP contribution in [0.5, 0.6) is 17.2 Å². The van der Waals surface area contributed by atoms with E-state index in [1.165, 1.54) is 25.7 Å². The molecule has 2 aromatic rings. The summed E-state index contributed by atoms with van der Waals surface area (Å²) in [5.74, 6) is 1.38. The third-order valence-corrected chi connectivity index (χ3v) is 5.14. The Morgan fingerprint density at radius 2 is 1.57 bits per heavy atom. The van der Waals surface area contributed by atoms with Gasteiger partial charge in [0.1, 0.15) is 6.61 Å². The van der Waals surface area contributed by atoms with E-state index in [1.54, 1.807) is 26.4 Å². The summed E-state index contributed by atoms with van der Waals surface area (Å²) < 4.78 is 16.9. The standard InChI is InChI=1S/C23H29NO4/c1-26-20-14-18(23(25)24-19-12-8-3-4-9-13-19)15-21(27-2)22(20)28-16-17-10-6-5-7-11-17/h5-7,10-11,14-15,19H,3-4,8-9,12-13,16H2,1-2H3,(H,24,25). The van der Waals surface area contributed by atoms with E-state index in [0.717, 1.165) is 18.4 Å². The zero-order valence-corrected chi connectivity index (χ0v) is 16.7.